The molecule has 25 heavy (non-hydrogen) atoms. The molecule has 1 aliphatic rings. The van der Waals surface area contributed by atoms with Crippen LogP contribution in [0.15, 0.2) is 12.1 Å². The summed E-state index contributed by atoms with van der Waals surface area (Å²) in [7, 11) is 0. The van der Waals surface area contributed by atoms with Gasteiger partial charge in [-0.25, -0.2) is 4.98 Å². The lowest BCUT2D eigenvalue weighted by molar-refractivity contribution is -0.117. The lowest BCUT2D eigenvalue weighted by Gasteiger charge is -2.17. The summed E-state index contributed by atoms with van der Waals surface area (Å²) in [6.45, 7) is 10.9. The average Bonchev–Trinajstić information content (AvgIpc) is 3.20. The number of nitrogens with one attached hydrogen (secondary N) is 1. The molecule has 0 bridgehead atoms. The molecular weight excluding hydrogens is 312 g/mol. The minimum absolute atomic E-state index is 0.0139. The molecule has 0 radical (unpaired) electrons. The molecule has 2 aromatic heterocycles. The Morgan fingerprint density at radius 2 is 2.04 bits per heavy atom. The molecule has 1 fully saturated rings. The number of hydrogen-bond donors (Lipinski definition) is 1. The zero-order valence-corrected chi connectivity index (χ0v) is 15.7. The van der Waals surface area contributed by atoms with Crippen molar-refractivity contribution in [3.05, 3.63) is 23.4 Å². The van der Waals surface area contributed by atoms with Gasteiger partial charge in [-0.05, 0) is 49.8 Å². The van der Waals surface area contributed by atoms with Gasteiger partial charge in [0.15, 0.2) is 0 Å². The van der Waals surface area contributed by atoms with Crippen LogP contribution in [0.3, 0.4) is 0 Å². The maximum absolute atomic E-state index is 12.2. The molecule has 132 valence electrons. The van der Waals surface area contributed by atoms with E-state index in [0.717, 1.165) is 41.7 Å². The van der Waals surface area contributed by atoms with E-state index in [1.807, 2.05) is 40.7 Å². The molecule has 3 rings (SSSR count). The molecule has 0 aromatic carbocycles. The Balaban J connectivity index is 1.90. The van der Waals surface area contributed by atoms with Crippen LogP contribution in [0.5, 0.6) is 0 Å². The number of carbonyl (C=O) groups excluding carboxylic acids is 1. The van der Waals surface area contributed by atoms with Crippen molar-refractivity contribution in [2.45, 2.75) is 60.4 Å². The largest absolute Gasteiger partial charge is 0.342 e. The number of amides is 1. The first kappa shape index (κ1) is 17.5. The molecular formula is C20H26N4O. The molecule has 0 saturated heterocycles. The summed E-state index contributed by atoms with van der Waals surface area (Å²) in [5, 5.41) is 12.3. The molecule has 5 heteroatoms. The molecule has 5 nitrogen and oxygen atoms in total. The van der Waals surface area contributed by atoms with E-state index in [4.69, 9.17) is 0 Å². The third kappa shape index (κ3) is 3.68. The number of nitrogens with zero attached hydrogens (tertiary/aromatic N) is 3. The van der Waals surface area contributed by atoms with Crippen LogP contribution in [0, 0.1) is 36.0 Å². The van der Waals surface area contributed by atoms with E-state index in [1.165, 1.54) is 0 Å². The van der Waals surface area contributed by atoms with Crippen molar-refractivity contribution >= 4 is 22.8 Å². The summed E-state index contributed by atoms with van der Waals surface area (Å²) < 4.78 is 2.19. The predicted molar refractivity (Wildman–Crippen MR) is 99.2 cm³/mol. The van der Waals surface area contributed by atoms with E-state index >= 15 is 0 Å². The molecule has 1 aliphatic carbocycles. The molecule has 2 heterocycles. The van der Waals surface area contributed by atoms with Crippen molar-refractivity contribution in [2.75, 3.05) is 5.32 Å². The third-order valence-electron chi connectivity index (χ3n) is 4.78. The number of pyridine rings is 1. The molecule has 2 aromatic rings. The van der Waals surface area contributed by atoms with Crippen LogP contribution in [-0.2, 0) is 11.3 Å². The van der Waals surface area contributed by atoms with Gasteiger partial charge in [-0.2, -0.15) is 5.26 Å². The number of anilines is 1. The van der Waals surface area contributed by atoms with Crippen molar-refractivity contribution in [3.8, 4) is 6.07 Å². The summed E-state index contributed by atoms with van der Waals surface area (Å²) in [6.07, 6.45) is 2.39. The van der Waals surface area contributed by atoms with Crippen LogP contribution in [0.1, 0.15) is 51.3 Å². The van der Waals surface area contributed by atoms with Gasteiger partial charge in [0.2, 0.25) is 5.91 Å². The van der Waals surface area contributed by atoms with E-state index in [1.54, 1.807) is 0 Å². The van der Waals surface area contributed by atoms with E-state index in [9.17, 15) is 10.1 Å². The SMILES string of the molecule is Cc1cc2c(cc(C)n2CC2(C#N)CC2)nc1NC(=O)CC(C)(C)C. The maximum Gasteiger partial charge on any atom is 0.226 e. The van der Waals surface area contributed by atoms with Crippen molar-refractivity contribution in [1.82, 2.24) is 9.55 Å². The van der Waals surface area contributed by atoms with Crippen molar-refractivity contribution in [3.63, 3.8) is 0 Å². The van der Waals surface area contributed by atoms with Crippen molar-refractivity contribution < 1.29 is 4.79 Å². The number of rotatable bonds is 4. The second-order valence-electron chi connectivity index (χ2n) is 8.61. The van der Waals surface area contributed by atoms with Crippen molar-refractivity contribution in [2.24, 2.45) is 10.8 Å². The molecule has 0 spiro atoms. The maximum atomic E-state index is 12.2. The number of hydrogen-bond acceptors (Lipinski definition) is 3. The minimum Gasteiger partial charge on any atom is -0.342 e. The van der Waals surface area contributed by atoms with Crippen molar-refractivity contribution in [1.29, 1.82) is 5.26 Å². The quantitative estimate of drug-likeness (QED) is 0.902. The highest BCUT2D eigenvalue weighted by molar-refractivity contribution is 5.92. The number of aromatic nitrogens is 2. The lowest BCUT2D eigenvalue weighted by atomic mass is 9.92. The first-order chi connectivity index (χ1) is 11.6. The van der Waals surface area contributed by atoms with E-state index in [0.29, 0.717) is 12.2 Å². The average molecular weight is 338 g/mol. The topological polar surface area (TPSA) is 70.7 Å². The second-order valence-corrected chi connectivity index (χ2v) is 8.61. The molecule has 1 N–H and O–H groups in total. The van der Waals surface area contributed by atoms with Gasteiger partial charge in [0.1, 0.15) is 5.82 Å². The van der Waals surface area contributed by atoms with E-state index < -0.39 is 0 Å². The highest BCUT2D eigenvalue weighted by Crippen LogP contribution is 2.47. The monoisotopic (exact) mass is 338 g/mol. The standard InChI is InChI=1S/C20H26N4O/c1-13-8-16-15(22-18(13)23-17(25)10-19(3,4)5)9-14(2)24(16)12-20(11-21)6-7-20/h8-9H,6-7,10,12H2,1-5H3,(H,22,23,25). The summed E-state index contributed by atoms with van der Waals surface area (Å²) in [6, 6.07) is 6.55. The zero-order valence-electron chi connectivity index (χ0n) is 15.7. The fourth-order valence-electron chi connectivity index (χ4n) is 3.15. The first-order valence-electron chi connectivity index (χ1n) is 8.81. The molecule has 1 saturated carbocycles. The van der Waals surface area contributed by atoms with E-state index in [2.05, 4.69) is 27.0 Å². The Bertz CT molecular complexity index is 876. The molecule has 1 amide bonds. The molecule has 0 atom stereocenters. The van der Waals surface area contributed by atoms with Crippen LogP contribution >= 0.6 is 0 Å². The Morgan fingerprint density at radius 3 is 2.60 bits per heavy atom. The number of fused-ring (bicyclic) bond motifs is 1. The summed E-state index contributed by atoms with van der Waals surface area (Å²) in [4.78, 5) is 16.9. The van der Waals surface area contributed by atoms with Gasteiger partial charge in [0.25, 0.3) is 0 Å². The predicted octanol–water partition coefficient (Wildman–Crippen LogP) is 4.33. The Morgan fingerprint density at radius 1 is 1.36 bits per heavy atom. The Hall–Kier alpha value is -2.35. The second kappa shape index (κ2) is 5.87. The van der Waals surface area contributed by atoms with Gasteiger partial charge in [0.05, 0.1) is 22.5 Å². The highest BCUT2D eigenvalue weighted by Gasteiger charge is 2.43. The van der Waals surface area contributed by atoms with Gasteiger partial charge >= 0.3 is 0 Å². The Kier molecular flexibility index (Phi) is 4.10. The van der Waals surface area contributed by atoms with Crippen LogP contribution < -0.4 is 5.32 Å². The normalized spacial score (nSPS) is 15.8. The van der Waals surface area contributed by atoms with Crippen LogP contribution in [-0.4, -0.2) is 15.5 Å². The summed E-state index contributed by atoms with van der Waals surface area (Å²) in [5.41, 5.74) is 3.67. The summed E-state index contributed by atoms with van der Waals surface area (Å²) in [5.74, 6) is 0.611. The summed E-state index contributed by atoms with van der Waals surface area (Å²) >= 11 is 0. The van der Waals surface area contributed by atoms with Crippen LogP contribution in [0.4, 0.5) is 5.82 Å². The number of nitriles is 1. The van der Waals surface area contributed by atoms with Crippen LogP contribution in [0.2, 0.25) is 0 Å². The van der Waals surface area contributed by atoms with Crippen LogP contribution in [0.25, 0.3) is 11.0 Å². The molecule has 0 aliphatic heterocycles. The number of aryl methyl sites for hydroxylation is 2. The fourth-order valence-corrected chi connectivity index (χ4v) is 3.15. The van der Waals surface area contributed by atoms with E-state index in [-0.39, 0.29) is 16.7 Å². The first-order valence-corrected chi connectivity index (χ1v) is 8.81. The van der Waals surface area contributed by atoms with Gasteiger partial charge < -0.3 is 9.88 Å². The highest BCUT2D eigenvalue weighted by atomic mass is 16.1. The Labute approximate surface area is 149 Å². The van der Waals surface area contributed by atoms with Gasteiger partial charge in [-0.1, -0.05) is 20.8 Å². The third-order valence-corrected chi connectivity index (χ3v) is 4.78. The smallest absolute Gasteiger partial charge is 0.226 e. The lowest BCUT2D eigenvalue weighted by Crippen LogP contribution is -2.20. The van der Waals surface area contributed by atoms with Gasteiger partial charge in [-0.15, -0.1) is 0 Å². The number of carbonyl (C=O) groups is 1. The fraction of sp³-hybridized carbons (Fsp3) is 0.550. The van der Waals surface area contributed by atoms with Gasteiger partial charge in [0, 0.05) is 18.7 Å². The zero-order chi connectivity index (χ0) is 18.4. The van der Waals surface area contributed by atoms with Gasteiger partial charge in [-0.3, -0.25) is 4.79 Å². The molecule has 0 unspecified atom stereocenters. The minimum atomic E-state index is -0.204.